The van der Waals surface area contributed by atoms with E-state index in [0.29, 0.717) is 11.4 Å². The number of nitriles is 1. The summed E-state index contributed by atoms with van der Waals surface area (Å²) in [6.45, 7) is 0. The number of rotatable bonds is 5. The van der Waals surface area contributed by atoms with Gasteiger partial charge in [-0.3, -0.25) is 14.5 Å². The van der Waals surface area contributed by atoms with E-state index in [0.717, 1.165) is 34.4 Å². The highest BCUT2D eigenvalue weighted by atomic mass is 79.9. The first-order chi connectivity index (χ1) is 17.6. The van der Waals surface area contributed by atoms with Crippen LogP contribution in [0.4, 0.5) is 24.5 Å². The number of anilines is 2. The fourth-order valence-electron chi connectivity index (χ4n) is 3.63. The molecule has 1 aliphatic rings. The molecule has 0 aliphatic carbocycles. The minimum absolute atomic E-state index is 0.0820. The molecule has 2 amide bonds. The third-order valence-corrected chi connectivity index (χ3v) is 7.56. The maximum Gasteiger partial charge on any atom is 0.416 e. The summed E-state index contributed by atoms with van der Waals surface area (Å²) in [7, 11) is 0. The van der Waals surface area contributed by atoms with Crippen molar-refractivity contribution in [1.82, 2.24) is 0 Å². The van der Waals surface area contributed by atoms with E-state index in [1.807, 2.05) is 6.07 Å². The molecule has 1 heterocycles. The van der Waals surface area contributed by atoms with Crippen LogP contribution in [0.1, 0.15) is 11.1 Å². The van der Waals surface area contributed by atoms with Crippen LogP contribution in [0.2, 0.25) is 5.02 Å². The highest BCUT2D eigenvalue weighted by Gasteiger charge is 2.41. The van der Waals surface area contributed by atoms with E-state index in [1.54, 1.807) is 54.6 Å². The van der Waals surface area contributed by atoms with Gasteiger partial charge in [0.1, 0.15) is 16.7 Å². The van der Waals surface area contributed by atoms with Crippen LogP contribution in [-0.4, -0.2) is 17.1 Å². The highest BCUT2D eigenvalue weighted by Crippen LogP contribution is 2.43. The lowest BCUT2D eigenvalue weighted by Gasteiger charge is -2.18. The van der Waals surface area contributed by atoms with Crippen molar-refractivity contribution in [3.63, 3.8) is 0 Å². The van der Waals surface area contributed by atoms with Crippen LogP contribution in [0.3, 0.4) is 0 Å². The number of nitrogens with zero attached hydrogens (tertiary/aromatic N) is 2. The van der Waals surface area contributed by atoms with Crippen molar-refractivity contribution in [1.29, 1.82) is 5.26 Å². The van der Waals surface area contributed by atoms with E-state index in [1.165, 1.54) is 4.90 Å². The van der Waals surface area contributed by atoms with Gasteiger partial charge in [-0.1, -0.05) is 57.5 Å². The number of halogens is 5. The molecular weight excluding hydrogens is 591 g/mol. The molecule has 1 unspecified atom stereocenters. The van der Waals surface area contributed by atoms with Gasteiger partial charge in [0.05, 0.1) is 10.8 Å². The molecule has 1 N–H and O–H groups in total. The second kappa shape index (κ2) is 11.0. The molecule has 1 aliphatic heterocycles. The van der Waals surface area contributed by atoms with Crippen molar-refractivity contribution in [2.75, 3.05) is 10.2 Å². The SMILES string of the molecule is N#C/C(C(=O)Nc1ccc(Br)cc1)=C1/SC(Cc2cc(C(F)(F)F)ccc2Cl)C(=O)N1c1ccccc1. The average molecular weight is 607 g/mol. The molecule has 4 rings (SSSR count). The van der Waals surface area contributed by atoms with E-state index in [2.05, 4.69) is 21.2 Å². The zero-order valence-electron chi connectivity index (χ0n) is 18.7. The third-order valence-electron chi connectivity index (χ3n) is 5.40. The standard InChI is InChI=1S/C26H16BrClF3N3O2S/c27-17-7-9-18(10-8-17)33-23(35)20(14-32)25-34(19-4-2-1-3-5-19)24(36)22(37-25)13-15-12-16(26(29,30)31)6-11-21(15)28/h1-12,22H,13H2,(H,33,35)/b25-20-. The summed E-state index contributed by atoms with van der Waals surface area (Å²) in [6.07, 6.45) is -4.71. The van der Waals surface area contributed by atoms with Crippen LogP contribution in [-0.2, 0) is 22.2 Å². The maximum atomic E-state index is 13.5. The molecule has 3 aromatic rings. The van der Waals surface area contributed by atoms with Gasteiger partial charge in [0.25, 0.3) is 5.91 Å². The Labute approximate surface area is 228 Å². The van der Waals surface area contributed by atoms with Crippen LogP contribution in [0.15, 0.2) is 87.9 Å². The van der Waals surface area contributed by atoms with Gasteiger partial charge in [0.2, 0.25) is 5.91 Å². The summed E-state index contributed by atoms with van der Waals surface area (Å²) >= 11 is 10.4. The summed E-state index contributed by atoms with van der Waals surface area (Å²) in [5.41, 5.74) is -0.201. The summed E-state index contributed by atoms with van der Waals surface area (Å²) in [5.74, 6) is -1.21. The van der Waals surface area contributed by atoms with Crippen molar-refractivity contribution in [3.05, 3.63) is 104 Å². The number of alkyl halides is 3. The third kappa shape index (κ3) is 6.01. The Balaban J connectivity index is 1.72. The van der Waals surface area contributed by atoms with E-state index in [-0.39, 0.29) is 27.6 Å². The van der Waals surface area contributed by atoms with Crippen LogP contribution in [0.25, 0.3) is 0 Å². The summed E-state index contributed by atoms with van der Waals surface area (Å²) in [5, 5.41) is 11.8. The van der Waals surface area contributed by atoms with Crippen LogP contribution >= 0.6 is 39.3 Å². The number of thioether (sulfide) groups is 1. The Bertz CT molecular complexity index is 1420. The Morgan fingerprint density at radius 1 is 1.11 bits per heavy atom. The van der Waals surface area contributed by atoms with Gasteiger partial charge < -0.3 is 5.32 Å². The van der Waals surface area contributed by atoms with Gasteiger partial charge in [0, 0.05) is 20.9 Å². The average Bonchev–Trinajstić information content (AvgIpc) is 3.17. The van der Waals surface area contributed by atoms with Gasteiger partial charge >= 0.3 is 6.18 Å². The summed E-state index contributed by atoms with van der Waals surface area (Å²) < 4.78 is 40.6. The number of carbonyl (C=O) groups excluding carboxylic acids is 2. The largest absolute Gasteiger partial charge is 0.416 e. The van der Waals surface area contributed by atoms with Crippen molar-refractivity contribution in [2.45, 2.75) is 17.8 Å². The molecule has 0 aromatic heterocycles. The second-order valence-corrected chi connectivity index (χ2v) is 10.4. The normalized spacial score (nSPS) is 16.9. The fourth-order valence-corrected chi connectivity index (χ4v) is 5.39. The minimum atomic E-state index is -4.58. The first-order valence-electron chi connectivity index (χ1n) is 10.7. The Kier molecular flexibility index (Phi) is 7.97. The molecule has 0 bridgehead atoms. The summed E-state index contributed by atoms with van der Waals surface area (Å²) in [6, 6.07) is 19.9. The quantitative estimate of drug-likeness (QED) is 0.247. The smallest absolute Gasteiger partial charge is 0.321 e. The van der Waals surface area contributed by atoms with E-state index < -0.39 is 28.8 Å². The lowest BCUT2D eigenvalue weighted by atomic mass is 10.0. The van der Waals surface area contributed by atoms with Crippen molar-refractivity contribution in [2.24, 2.45) is 0 Å². The monoisotopic (exact) mass is 605 g/mol. The molecule has 1 fully saturated rings. The van der Waals surface area contributed by atoms with E-state index >= 15 is 0 Å². The highest BCUT2D eigenvalue weighted by molar-refractivity contribution is 9.10. The molecule has 1 atom stereocenters. The Morgan fingerprint density at radius 2 is 1.78 bits per heavy atom. The number of carbonyl (C=O) groups is 2. The van der Waals surface area contributed by atoms with Crippen LogP contribution < -0.4 is 10.2 Å². The van der Waals surface area contributed by atoms with Crippen molar-refractivity contribution in [3.8, 4) is 6.07 Å². The second-order valence-electron chi connectivity index (χ2n) is 7.88. The zero-order valence-corrected chi connectivity index (χ0v) is 21.9. The molecule has 0 radical (unpaired) electrons. The fraction of sp³-hybridized carbons (Fsp3) is 0.115. The van der Waals surface area contributed by atoms with Gasteiger partial charge in [-0.25, -0.2) is 0 Å². The van der Waals surface area contributed by atoms with Crippen LogP contribution in [0.5, 0.6) is 0 Å². The molecule has 37 heavy (non-hydrogen) atoms. The molecule has 11 heteroatoms. The number of hydrogen-bond donors (Lipinski definition) is 1. The van der Waals surface area contributed by atoms with Gasteiger partial charge in [-0.05, 0) is 66.6 Å². The minimum Gasteiger partial charge on any atom is -0.321 e. The lowest BCUT2D eigenvalue weighted by Crippen LogP contribution is -2.31. The van der Waals surface area contributed by atoms with Gasteiger partial charge in [0.15, 0.2) is 0 Å². The molecule has 1 saturated heterocycles. The number of amides is 2. The zero-order chi connectivity index (χ0) is 26.7. The van der Waals surface area contributed by atoms with Gasteiger partial charge in [-0.2, -0.15) is 18.4 Å². The molecular formula is C26H16BrClF3N3O2S. The van der Waals surface area contributed by atoms with Crippen LogP contribution in [0, 0.1) is 11.3 Å². The van der Waals surface area contributed by atoms with E-state index in [9.17, 15) is 28.0 Å². The van der Waals surface area contributed by atoms with E-state index in [4.69, 9.17) is 11.6 Å². The molecule has 0 spiro atoms. The van der Waals surface area contributed by atoms with Crippen molar-refractivity contribution < 1.29 is 22.8 Å². The molecule has 188 valence electrons. The first kappa shape index (κ1) is 26.8. The first-order valence-corrected chi connectivity index (χ1v) is 12.8. The number of nitrogens with one attached hydrogen (secondary N) is 1. The number of para-hydroxylation sites is 1. The molecule has 5 nitrogen and oxygen atoms in total. The summed E-state index contributed by atoms with van der Waals surface area (Å²) in [4.78, 5) is 27.8. The predicted molar refractivity (Wildman–Crippen MR) is 141 cm³/mol. The lowest BCUT2D eigenvalue weighted by molar-refractivity contribution is -0.137. The molecule has 0 saturated carbocycles. The molecule has 3 aromatic carbocycles. The van der Waals surface area contributed by atoms with Gasteiger partial charge in [-0.15, -0.1) is 0 Å². The topological polar surface area (TPSA) is 73.2 Å². The Hall–Kier alpha value is -3.26. The van der Waals surface area contributed by atoms with Crippen molar-refractivity contribution >= 4 is 62.5 Å². The maximum absolute atomic E-state index is 13.5. The number of hydrogen-bond acceptors (Lipinski definition) is 4. The predicted octanol–water partition coefficient (Wildman–Crippen LogP) is 7.19. The number of benzene rings is 3. The Morgan fingerprint density at radius 3 is 2.41 bits per heavy atom.